The quantitative estimate of drug-likeness (QED) is 0.851. The van der Waals surface area contributed by atoms with Crippen LogP contribution in [-0.4, -0.2) is 32.8 Å². The van der Waals surface area contributed by atoms with Crippen LogP contribution in [0.5, 0.6) is 0 Å². The van der Waals surface area contributed by atoms with Crippen LogP contribution in [0.1, 0.15) is 18.7 Å². The Kier molecular flexibility index (Phi) is 4.69. The number of hydrogen-bond donors (Lipinski definition) is 2. The first-order chi connectivity index (χ1) is 9.80. The second kappa shape index (κ2) is 6.02. The van der Waals surface area contributed by atoms with Gasteiger partial charge in [-0.25, -0.2) is 13.1 Å². The molecule has 116 valence electrons. The van der Waals surface area contributed by atoms with E-state index >= 15 is 0 Å². The monoisotopic (exact) mass is 329 g/mol. The van der Waals surface area contributed by atoms with Crippen molar-refractivity contribution in [3.8, 4) is 0 Å². The van der Waals surface area contributed by atoms with Crippen LogP contribution in [0, 0.1) is 0 Å². The van der Waals surface area contributed by atoms with Crippen LogP contribution in [0.4, 0.5) is 0 Å². The number of nitrogens with one attached hydrogen (secondary N) is 1. The van der Waals surface area contributed by atoms with Gasteiger partial charge in [-0.3, -0.25) is 0 Å². The Bertz CT molecular complexity index is 735. The molecule has 5 nitrogen and oxygen atoms in total. The van der Waals surface area contributed by atoms with Gasteiger partial charge in [-0.05, 0) is 19.9 Å². The van der Waals surface area contributed by atoms with Crippen molar-refractivity contribution >= 4 is 31.4 Å². The lowest BCUT2D eigenvalue weighted by Crippen LogP contribution is -2.39. The normalized spacial score (nSPS) is 13.0. The van der Waals surface area contributed by atoms with Crippen molar-refractivity contribution in [2.24, 2.45) is 0 Å². The predicted octanol–water partition coefficient (Wildman–Crippen LogP) is 2.10. The van der Waals surface area contributed by atoms with Gasteiger partial charge in [0.25, 0.3) is 0 Å². The lowest BCUT2D eigenvalue weighted by molar-refractivity contribution is 0.0276. The van der Waals surface area contributed by atoms with E-state index in [0.29, 0.717) is 10.3 Å². The highest BCUT2D eigenvalue weighted by Gasteiger charge is 2.26. The zero-order valence-electron chi connectivity index (χ0n) is 12.2. The van der Waals surface area contributed by atoms with Gasteiger partial charge in [0.1, 0.15) is 4.90 Å². The number of benzene rings is 1. The van der Waals surface area contributed by atoms with Crippen molar-refractivity contribution in [3.05, 3.63) is 29.1 Å². The summed E-state index contributed by atoms with van der Waals surface area (Å²) < 4.78 is 33.8. The number of thiophene rings is 1. The third kappa shape index (κ3) is 3.44. The van der Waals surface area contributed by atoms with E-state index in [4.69, 9.17) is 4.74 Å². The molecular formula is C14H19NO4S2. The highest BCUT2D eigenvalue weighted by molar-refractivity contribution is 7.90. The maximum Gasteiger partial charge on any atom is 0.242 e. The molecule has 0 amide bonds. The van der Waals surface area contributed by atoms with E-state index < -0.39 is 15.6 Å². The van der Waals surface area contributed by atoms with Crippen molar-refractivity contribution in [1.29, 1.82) is 0 Å². The van der Waals surface area contributed by atoms with E-state index in [-0.39, 0.29) is 18.0 Å². The van der Waals surface area contributed by atoms with Crippen LogP contribution >= 0.6 is 11.3 Å². The lowest BCUT2D eigenvalue weighted by Gasteiger charge is -2.23. The minimum atomic E-state index is -3.71. The molecule has 21 heavy (non-hydrogen) atoms. The Morgan fingerprint density at radius 1 is 1.33 bits per heavy atom. The Morgan fingerprint density at radius 3 is 2.62 bits per heavy atom. The van der Waals surface area contributed by atoms with Gasteiger partial charge in [-0.1, -0.05) is 18.2 Å². The molecular weight excluding hydrogens is 310 g/mol. The summed E-state index contributed by atoms with van der Waals surface area (Å²) in [5, 5.41) is 10.1. The van der Waals surface area contributed by atoms with E-state index in [1.54, 1.807) is 26.0 Å². The van der Waals surface area contributed by atoms with E-state index in [1.165, 1.54) is 18.4 Å². The van der Waals surface area contributed by atoms with Crippen LogP contribution < -0.4 is 4.72 Å². The summed E-state index contributed by atoms with van der Waals surface area (Å²) in [6.07, 6.45) is 0. The molecule has 0 fully saturated rings. The minimum absolute atomic E-state index is 0.154. The molecule has 0 atom stereocenters. The van der Waals surface area contributed by atoms with E-state index in [1.807, 2.05) is 12.1 Å². The van der Waals surface area contributed by atoms with Gasteiger partial charge in [-0.15, -0.1) is 11.3 Å². The molecule has 0 unspecified atom stereocenters. The van der Waals surface area contributed by atoms with E-state index in [2.05, 4.69) is 4.72 Å². The molecule has 1 heterocycles. The third-order valence-electron chi connectivity index (χ3n) is 3.27. The topological polar surface area (TPSA) is 75.6 Å². The molecule has 2 N–H and O–H groups in total. The number of hydrogen-bond acceptors (Lipinski definition) is 5. The Hall–Kier alpha value is -0.990. The molecule has 0 aliphatic rings. The smallest absolute Gasteiger partial charge is 0.242 e. The first-order valence-electron chi connectivity index (χ1n) is 6.47. The second-order valence-electron chi connectivity index (χ2n) is 5.30. The average Bonchev–Trinajstić information content (AvgIpc) is 2.84. The van der Waals surface area contributed by atoms with Gasteiger partial charge in [-0.2, -0.15) is 0 Å². The maximum atomic E-state index is 12.6. The minimum Gasteiger partial charge on any atom is -0.391 e. The molecule has 2 aromatic rings. The fraction of sp³-hybridized carbons (Fsp3) is 0.429. The van der Waals surface area contributed by atoms with E-state index in [9.17, 15) is 13.5 Å². The molecule has 7 heteroatoms. The molecule has 1 aromatic carbocycles. The van der Waals surface area contributed by atoms with E-state index in [0.717, 1.165) is 4.70 Å². The van der Waals surface area contributed by atoms with Crippen LogP contribution in [-0.2, 0) is 21.4 Å². The molecule has 0 saturated carbocycles. The van der Waals surface area contributed by atoms with Crippen molar-refractivity contribution in [2.45, 2.75) is 31.0 Å². The second-order valence-corrected chi connectivity index (χ2v) is 8.14. The molecule has 0 aliphatic heterocycles. The largest absolute Gasteiger partial charge is 0.391 e. The standard InChI is InChI=1S/C14H19NO4S2/c1-14(2,19-3)9-15-21(17,18)13-10-6-4-5-7-11(10)20-12(13)8-16/h4-7,15-16H,8-9H2,1-3H3. The first-order valence-corrected chi connectivity index (χ1v) is 8.77. The zero-order chi connectivity index (χ0) is 15.7. The number of fused-ring (bicyclic) bond motifs is 1. The van der Waals surface area contributed by atoms with Crippen molar-refractivity contribution in [2.75, 3.05) is 13.7 Å². The van der Waals surface area contributed by atoms with Crippen molar-refractivity contribution < 1.29 is 18.3 Å². The summed E-state index contributed by atoms with van der Waals surface area (Å²) >= 11 is 1.29. The Morgan fingerprint density at radius 2 is 2.00 bits per heavy atom. The number of sulfonamides is 1. The molecule has 0 spiro atoms. The Labute approximate surface area is 128 Å². The highest BCUT2D eigenvalue weighted by atomic mass is 32.2. The van der Waals surface area contributed by atoms with Crippen LogP contribution in [0.3, 0.4) is 0 Å². The molecule has 0 aliphatic carbocycles. The highest BCUT2D eigenvalue weighted by Crippen LogP contribution is 2.34. The summed E-state index contributed by atoms with van der Waals surface area (Å²) in [6.45, 7) is 3.45. The average molecular weight is 329 g/mol. The predicted molar refractivity (Wildman–Crippen MR) is 84.0 cm³/mol. The summed E-state index contributed by atoms with van der Waals surface area (Å²) in [7, 11) is -2.17. The molecule has 0 radical (unpaired) electrons. The number of aliphatic hydroxyl groups is 1. The summed E-state index contributed by atoms with van der Waals surface area (Å²) in [4.78, 5) is 0.608. The number of aliphatic hydroxyl groups excluding tert-OH is 1. The van der Waals surface area contributed by atoms with Crippen LogP contribution in [0.25, 0.3) is 10.1 Å². The zero-order valence-corrected chi connectivity index (χ0v) is 13.8. The van der Waals surface area contributed by atoms with Crippen molar-refractivity contribution in [1.82, 2.24) is 4.72 Å². The van der Waals surface area contributed by atoms with Gasteiger partial charge in [0, 0.05) is 23.7 Å². The molecule has 1 aromatic heterocycles. The Balaban J connectivity index is 2.44. The maximum absolute atomic E-state index is 12.6. The van der Waals surface area contributed by atoms with Gasteiger partial charge in [0.05, 0.1) is 17.1 Å². The number of ether oxygens (including phenoxy) is 1. The fourth-order valence-electron chi connectivity index (χ4n) is 1.88. The molecule has 0 saturated heterocycles. The van der Waals surface area contributed by atoms with Gasteiger partial charge in [0.2, 0.25) is 10.0 Å². The number of rotatable bonds is 6. The van der Waals surface area contributed by atoms with Gasteiger partial charge in [0.15, 0.2) is 0 Å². The summed E-state index contributed by atoms with van der Waals surface area (Å²) in [5.74, 6) is 0. The first kappa shape index (κ1) is 16.4. The fourth-order valence-corrected chi connectivity index (χ4v) is 4.88. The van der Waals surface area contributed by atoms with Crippen LogP contribution in [0.2, 0.25) is 0 Å². The van der Waals surface area contributed by atoms with Crippen LogP contribution in [0.15, 0.2) is 29.2 Å². The summed E-state index contributed by atoms with van der Waals surface area (Å²) in [5.41, 5.74) is -0.599. The molecule has 0 bridgehead atoms. The third-order valence-corrected chi connectivity index (χ3v) is 6.08. The van der Waals surface area contributed by atoms with Gasteiger partial charge >= 0.3 is 0 Å². The van der Waals surface area contributed by atoms with Gasteiger partial charge < -0.3 is 9.84 Å². The number of methoxy groups -OCH3 is 1. The summed E-state index contributed by atoms with van der Waals surface area (Å²) in [6, 6.07) is 7.23. The van der Waals surface area contributed by atoms with Crippen molar-refractivity contribution in [3.63, 3.8) is 0 Å². The lowest BCUT2D eigenvalue weighted by atomic mass is 10.1. The molecule has 2 rings (SSSR count). The SMILES string of the molecule is COC(C)(C)CNS(=O)(=O)c1c(CO)sc2ccccc12.